The number of hydrogen-bond donors (Lipinski definition) is 1. The molecule has 0 aliphatic rings. The van der Waals surface area contributed by atoms with Gasteiger partial charge in [0, 0.05) is 6.20 Å². The van der Waals surface area contributed by atoms with Crippen LogP contribution < -0.4 is 11.4 Å². The number of nitrogen functional groups attached to an aromatic ring is 1. The van der Waals surface area contributed by atoms with E-state index in [-0.39, 0.29) is 12.4 Å². The topological polar surface area (TPSA) is 60.9 Å². The van der Waals surface area contributed by atoms with Gasteiger partial charge in [0.15, 0.2) is 11.6 Å². The molecule has 2 N–H and O–H groups in total. The van der Waals surface area contributed by atoms with Gasteiger partial charge in [0.1, 0.15) is 0 Å². The molecule has 0 aliphatic heterocycles. The zero-order valence-electron chi connectivity index (χ0n) is 9.35. The molecule has 0 radical (unpaired) electrons. The van der Waals surface area contributed by atoms with Gasteiger partial charge < -0.3 is 5.73 Å². The average Bonchev–Trinajstić information content (AvgIpc) is 2.29. The molecule has 0 unspecified atom stereocenters. The molecule has 4 nitrogen and oxygen atoms in total. The summed E-state index contributed by atoms with van der Waals surface area (Å²) < 4.78 is 14.4. The first-order valence-electron chi connectivity index (χ1n) is 5.14. The molecule has 0 atom stereocenters. The highest BCUT2D eigenvalue weighted by atomic mass is 19.1. The maximum atomic E-state index is 13.2. The summed E-state index contributed by atoms with van der Waals surface area (Å²) in [6.07, 6.45) is 1.07. The van der Waals surface area contributed by atoms with Crippen molar-refractivity contribution in [1.29, 1.82) is 0 Å². The van der Waals surface area contributed by atoms with E-state index >= 15 is 0 Å². The van der Waals surface area contributed by atoms with Gasteiger partial charge in [0.25, 0.3) is 0 Å². The second kappa shape index (κ2) is 4.37. The highest BCUT2D eigenvalue weighted by Gasteiger charge is 2.05. The first-order chi connectivity index (χ1) is 8.06. The number of hydrogen-bond acceptors (Lipinski definition) is 3. The van der Waals surface area contributed by atoms with Crippen LogP contribution >= 0.6 is 0 Å². The van der Waals surface area contributed by atoms with Gasteiger partial charge >= 0.3 is 5.69 Å². The van der Waals surface area contributed by atoms with Crippen molar-refractivity contribution in [3.8, 4) is 0 Å². The fraction of sp³-hybridized carbons (Fsp3) is 0.167. The number of aromatic nitrogens is 2. The molecule has 0 bridgehead atoms. The highest BCUT2D eigenvalue weighted by molar-refractivity contribution is 5.27. The van der Waals surface area contributed by atoms with E-state index in [0.29, 0.717) is 0 Å². The fourth-order valence-electron chi connectivity index (χ4n) is 1.48. The maximum Gasteiger partial charge on any atom is 0.349 e. The Morgan fingerprint density at radius 2 is 2.00 bits per heavy atom. The molecule has 0 aliphatic carbocycles. The largest absolute Gasteiger partial charge is 0.381 e. The first kappa shape index (κ1) is 11.3. The van der Waals surface area contributed by atoms with E-state index in [1.54, 1.807) is 0 Å². The van der Waals surface area contributed by atoms with Gasteiger partial charge in [0.2, 0.25) is 0 Å². The van der Waals surface area contributed by atoms with Crippen LogP contribution in [-0.4, -0.2) is 9.55 Å². The normalized spacial score (nSPS) is 10.5. The van der Waals surface area contributed by atoms with Gasteiger partial charge in [0.05, 0.1) is 6.54 Å². The summed E-state index contributed by atoms with van der Waals surface area (Å²) in [6, 6.07) is 7.63. The van der Waals surface area contributed by atoms with Crippen molar-refractivity contribution in [2.75, 3.05) is 5.73 Å². The lowest BCUT2D eigenvalue weighted by atomic mass is 10.1. The predicted molar refractivity (Wildman–Crippen MR) is 63.1 cm³/mol. The van der Waals surface area contributed by atoms with E-state index in [1.165, 1.54) is 4.57 Å². The predicted octanol–water partition coefficient (Wildman–Crippen LogP) is 1.32. The lowest BCUT2D eigenvalue weighted by Gasteiger charge is -2.06. The van der Waals surface area contributed by atoms with Crippen LogP contribution in [0.4, 0.5) is 10.2 Å². The summed E-state index contributed by atoms with van der Waals surface area (Å²) in [5.74, 6) is -1.05. The molecule has 2 aromatic rings. The molecule has 2 rings (SSSR count). The van der Waals surface area contributed by atoms with Crippen molar-refractivity contribution >= 4 is 5.82 Å². The molecular weight excluding hydrogens is 221 g/mol. The molecule has 1 aromatic carbocycles. The van der Waals surface area contributed by atoms with E-state index in [9.17, 15) is 9.18 Å². The number of aryl methyl sites for hydroxylation is 1. The summed E-state index contributed by atoms with van der Waals surface area (Å²) in [5, 5.41) is 0. The lowest BCUT2D eigenvalue weighted by Crippen LogP contribution is -2.25. The Hall–Kier alpha value is -2.17. The Morgan fingerprint density at radius 1 is 1.35 bits per heavy atom. The Balaban J connectivity index is 2.33. The smallest absolute Gasteiger partial charge is 0.349 e. The molecule has 0 amide bonds. The van der Waals surface area contributed by atoms with Gasteiger partial charge in [-0.15, -0.1) is 0 Å². The van der Waals surface area contributed by atoms with Crippen LogP contribution in [0.3, 0.4) is 0 Å². The third-order valence-corrected chi connectivity index (χ3v) is 2.45. The minimum absolute atomic E-state index is 0.281. The first-order valence-corrected chi connectivity index (χ1v) is 5.14. The number of nitrogens with zero attached hydrogens (tertiary/aromatic N) is 2. The standard InChI is InChI=1S/C12H12FN3O/c1-8-2-4-9(5-3-8)6-16-7-10(13)11(14)15-12(16)17/h2-5,7H,6H2,1H3,(H2,14,15,17). The molecule has 1 heterocycles. The van der Waals surface area contributed by atoms with Crippen molar-refractivity contribution < 1.29 is 4.39 Å². The summed E-state index contributed by atoms with van der Waals surface area (Å²) >= 11 is 0. The summed E-state index contributed by atoms with van der Waals surface area (Å²) in [6.45, 7) is 2.25. The van der Waals surface area contributed by atoms with E-state index in [1.807, 2.05) is 31.2 Å². The zero-order valence-corrected chi connectivity index (χ0v) is 9.35. The van der Waals surface area contributed by atoms with E-state index in [0.717, 1.165) is 17.3 Å². The molecule has 17 heavy (non-hydrogen) atoms. The van der Waals surface area contributed by atoms with Crippen LogP contribution in [0, 0.1) is 12.7 Å². The third-order valence-electron chi connectivity index (χ3n) is 2.45. The average molecular weight is 233 g/mol. The van der Waals surface area contributed by atoms with Crippen LogP contribution in [0.25, 0.3) is 0 Å². The van der Waals surface area contributed by atoms with E-state index in [4.69, 9.17) is 5.73 Å². The summed E-state index contributed by atoms with van der Waals surface area (Å²) in [7, 11) is 0. The van der Waals surface area contributed by atoms with Crippen molar-refractivity contribution in [2.24, 2.45) is 0 Å². The molecule has 5 heteroatoms. The van der Waals surface area contributed by atoms with Gasteiger partial charge in [-0.1, -0.05) is 29.8 Å². The Morgan fingerprint density at radius 3 is 2.65 bits per heavy atom. The quantitative estimate of drug-likeness (QED) is 0.851. The molecule has 0 fully saturated rings. The second-order valence-electron chi connectivity index (χ2n) is 3.87. The monoisotopic (exact) mass is 233 g/mol. The van der Waals surface area contributed by atoms with Crippen molar-refractivity contribution in [3.05, 3.63) is 57.9 Å². The Kier molecular flexibility index (Phi) is 2.91. The molecule has 0 saturated heterocycles. The van der Waals surface area contributed by atoms with Crippen molar-refractivity contribution in [1.82, 2.24) is 9.55 Å². The van der Waals surface area contributed by atoms with Crippen LogP contribution in [0.2, 0.25) is 0 Å². The van der Waals surface area contributed by atoms with Crippen LogP contribution in [-0.2, 0) is 6.54 Å². The number of benzene rings is 1. The number of nitrogens with two attached hydrogens (primary N) is 1. The van der Waals surface area contributed by atoms with Gasteiger partial charge in [-0.2, -0.15) is 4.98 Å². The number of rotatable bonds is 2. The molecule has 1 aromatic heterocycles. The third kappa shape index (κ3) is 2.50. The van der Waals surface area contributed by atoms with Gasteiger partial charge in [-0.05, 0) is 12.5 Å². The van der Waals surface area contributed by atoms with E-state index in [2.05, 4.69) is 4.98 Å². The highest BCUT2D eigenvalue weighted by Crippen LogP contribution is 2.06. The van der Waals surface area contributed by atoms with Gasteiger partial charge in [-0.3, -0.25) is 4.57 Å². The fourth-order valence-corrected chi connectivity index (χ4v) is 1.48. The molecule has 0 saturated carbocycles. The van der Waals surface area contributed by atoms with Crippen molar-refractivity contribution in [2.45, 2.75) is 13.5 Å². The number of halogens is 1. The summed E-state index contributed by atoms with van der Waals surface area (Å²) in [5.41, 5.74) is 6.69. The van der Waals surface area contributed by atoms with Crippen LogP contribution in [0.15, 0.2) is 35.3 Å². The minimum Gasteiger partial charge on any atom is -0.381 e. The molecule has 88 valence electrons. The zero-order chi connectivity index (χ0) is 12.4. The summed E-state index contributed by atoms with van der Waals surface area (Å²) in [4.78, 5) is 14.9. The maximum absolute atomic E-state index is 13.2. The van der Waals surface area contributed by atoms with Crippen LogP contribution in [0.1, 0.15) is 11.1 Å². The second-order valence-corrected chi connectivity index (χ2v) is 3.87. The Bertz CT molecular complexity index is 590. The van der Waals surface area contributed by atoms with E-state index < -0.39 is 11.5 Å². The van der Waals surface area contributed by atoms with Gasteiger partial charge in [-0.25, -0.2) is 9.18 Å². The van der Waals surface area contributed by atoms with Crippen LogP contribution in [0.5, 0.6) is 0 Å². The SMILES string of the molecule is Cc1ccc(Cn2cc(F)c(N)nc2=O)cc1. The lowest BCUT2D eigenvalue weighted by molar-refractivity contribution is 0.586. The number of anilines is 1. The minimum atomic E-state index is -0.684. The van der Waals surface area contributed by atoms with Crippen molar-refractivity contribution in [3.63, 3.8) is 0 Å². The molecular formula is C12H12FN3O. The Labute approximate surface area is 97.5 Å². The molecule has 0 spiro atoms.